The van der Waals surface area contributed by atoms with Crippen LogP contribution >= 0.6 is 0 Å². The van der Waals surface area contributed by atoms with Crippen LogP contribution in [-0.4, -0.2) is 17.9 Å². The molecule has 5 nitrogen and oxygen atoms in total. The van der Waals surface area contributed by atoms with Crippen molar-refractivity contribution in [2.75, 3.05) is 6.79 Å². The highest BCUT2D eigenvalue weighted by Crippen LogP contribution is 2.45. The summed E-state index contributed by atoms with van der Waals surface area (Å²) in [5.74, 6) is 1.25. The molecule has 1 aliphatic rings. The molecule has 0 atom stereocenters. The van der Waals surface area contributed by atoms with Crippen LogP contribution in [0.2, 0.25) is 0 Å². The van der Waals surface area contributed by atoms with E-state index in [1.165, 1.54) is 0 Å². The molecule has 0 bridgehead atoms. The van der Waals surface area contributed by atoms with E-state index >= 15 is 0 Å². The van der Waals surface area contributed by atoms with E-state index in [-0.39, 0.29) is 13.2 Å². The number of aliphatic carboxylic acids is 1. The molecule has 0 unspecified atom stereocenters. The van der Waals surface area contributed by atoms with E-state index in [0.717, 1.165) is 18.4 Å². The van der Waals surface area contributed by atoms with Crippen molar-refractivity contribution < 1.29 is 24.1 Å². The van der Waals surface area contributed by atoms with Crippen LogP contribution in [0.3, 0.4) is 0 Å². The van der Waals surface area contributed by atoms with Crippen molar-refractivity contribution in [2.24, 2.45) is 0 Å². The molecule has 0 saturated carbocycles. The summed E-state index contributed by atoms with van der Waals surface area (Å²) in [4.78, 5) is 11.1. The van der Waals surface area contributed by atoms with Gasteiger partial charge >= 0.3 is 5.97 Å². The summed E-state index contributed by atoms with van der Waals surface area (Å²) >= 11 is 0. The molecule has 0 fully saturated rings. The zero-order valence-corrected chi connectivity index (χ0v) is 12.9. The summed E-state index contributed by atoms with van der Waals surface area (Å²) in [6.45, 7) is 2.21. The third-order valence-corrected chi connectivity index (χ3v) is 3.62. The van der Waals surface area contributed by atoms with Crippen LogP contribution in [0, 0.1) is 0 Å². The summed E-state index contributed by atoms with van der Waals surface area (Å²) in [6.07, 6.45) is 1.74. The minimum Gasteiger partial charge on any atom is -0.481 e. The number of carboxylic acids is 1. The van der Waals surface area contributed by atoms with Crippen molar-refractivity contribution in [1.82, 2.24) is 0 Å². The molecule has 0 saturated heterocycles. The Morgan fingerprint density at radius 3 is 2.78 bits per heavy atom. The number of rotatable bonds is 6. The maximum Gasteiger partial charge on any atom is 0.307 e. The zero-order chi connectivity index (χ0) is 16.2. The van der Waals surface area contributed by atoms with Crippen LogP contribution in [0.4, 0.5) is 0 Å². The quantitative estimate of drug-likeness (QED) is 0.879. The smallest absolute Gasteiger partial charge is 0.307 e. The van der Waals surface area contributed by atoms with E-state index < -0.39 is 5.97 Å². The minimum atomic E-state index is -0.921. The highest BCUT2D eigenvalue weighted by atomic mass is 16.7. The molecular weight excluding hydrogens is 296 g/mol. The van der Waals surface area contributed by atoms with E-state index in [9.17, 15) is 4.79 Å². The first kappa shape index (κ1) is 15.2. The molecule has 0 spiro atoms. The maximum atomic E-state index is 11.1. The van der Waals surface area contributed by atoms with E-state index in [2.05, 4.69) is 6.92 Å². The monoisotopic (exact) mass is 314 g/mol. The van der Waals surface area contributed by atoms with Gasteiger partial charge in [-0.3, -0.25) is 4.79 Å². The van der Waals surface area contributed by atoms with E-state index in [1.54, 1.807) is 12.1 Å². The average Bonchev–Trinajstić information content (AvgIpc) is 3.00. The molecule has 120 valence electrons. The summed E-state index contributed by atoms with van der Waals surface area (Å²) in [7, 11) is 0. The predicted octanol–water partition coefficient (Wildman–Crippen LogP) is 3.79. The van der Waals surface area contributed by atoms with E-state index in [4.69, 9.17) is 19.3 Å². The highest BCUT2D eigenvalue weighted by Gasteiger charge is 2.24. The third-order valence-electron chi connectivity index (χ3n) is 3.62. The van der Waals surface area contributed by atoms with Gasteiger partial charge in [0.1, 0.15) is 5.75 Å². The Bertz CT molecular complexity index is 723. The molecule has 2 aromatic rings. The largest absolute Gasteiger partial charge is 0.481 e. The lowest BCUT2D eigenvalue weighted by molar-refractivity contribution is -0.136. The van der Waals surface area contributed by atoms with Crippen LogP contribution in [0.5, 0.6) is 23.0 Å². The van der Waals surface area contributed by atoms with Gasteiger partial charge in [-0.05, 0) is 24.1 Å². The van der Waals surface area contributed by atoms with Gasteiger partial charge < -0.3 is 19.3 Å². The number of hydrogen-bond donors (Lipinski definition) is 1. The molecule has 0 aromatic heterocycles. The lowest BCUT2D eigenvalue weighted by Crippen LogP contribution is -2.03. The summed E-state index contributed by atoms with van der Waals surface area (Å²) < 4.78 is 16.9. The molecule has 2 aromatic carbocycles. The Balaban J connectivity index is 2.01. The average molecular weight is 314 g/mol. The van der Waals surface area contributed by atoms with Crippen molar-refractivity contribution >= 4 is 5.97 Å². The SMILES string of the molecule is CCCc1ccccc1Oc1c(CC(=O)O)ccc2c1OCO2. The lowest BCUT2D eigenvalue weighted by Gasteiger charge is -2.15. The van der Waals surface area contributed by atoms with E-state index in [1.807, 2.05) is 24.3 Å². The van der Waals surface area contributed by atoms with Crippen LogP contribution in [0.15, 0.2) is 36.4 Å². The Hall–Kier alpha value is -2.69. The molecule has 23 heavy (non-hydrogen) atoms. The van der Waals surface area contributed by atoms with Gasteiger partial charge in [0.05, 0.1) is 6.42 Å². The summed E-state index contributed by atoms with van der Waals surface area (Å²) in [5.41, 5.74) is 1.64. The number of benzene rings is 2. The third kappa shape index (κ3) is 3.23. The fraction of sp³-hybridized carbons (Fsp3) is 0.278. The van der Waals surface area contributed by atoms with E-state index in [0.29, 0.717) is 28.6 Å². The summed E-state index contributed by atoms with van der Waals surface area (Å²) in [6, 6.07) is 11.2. The molecule has 0 radical (unpaired) electrons. The van der Waals surface area contributed by atoms with Gasteiger partial charge in [-0.25, -0.2) is 0 Å². The number of ether oxygens (including phenoxy) is 3. The Kier molecular flexibility index (Phi) is 4.37. The number of carbonyl (C=O) groups is 1. The zero-order valence-electron chi connectivity index (χ0n) is 12.9. The second kappa shape index (κ2) is 6.60. The van der Waals surface area contributed by atoms with Crippen LogP contribution in [0.25, 0.3) is 0 Å². The second-order valence-electron chi connectivity index (χ2n) is 5.32. The first-order valence-corrected chi connectivity index (χ1v) is 7.58. The van der Waals surface area contributed by atoms with Crippen molar-refractivity contribution in [1.29, 1.82) is 0 Å². The standard InChI is InChI=1S/C18H18O5/c1-2-5-12-6-3-4-7-14(12)23-17-13(10-16(19)20)8-9-15-18(17)22-11-21-15/h3-4,6-9H,2,5,10-11H2,1H3,(H,19,20). The number of aryl methyl sites for hydroxylation is 1. The Morgan fingerprint density at radius 1 is 1.17 bits per heavy atom. The molecule has 3 rings (SSSR count). The van der Waals surface area contributed by atoms with Crippen molar-refractivity contribution in [3.8, 4) is 23.0 Å². The Labute approximate surface area is 134 Å². The molecule has 0 aliphatic carbocycles. The summed E-state index contributed by atoms with van der Waals surface area (Å²) in [5, 5.41) is 9.12. The van der Waals surface area contributed by atoms with Crippen molar-refractivity contribution in [3.63, 3.8) is 0 Å². The Morgan fingerprint density at radius 2 is 2.00 bits per heavy atom. The van der Waals surface area contributed by atoms with Crippen LogP contribution < -0.4 is 14.2 Å². The first-order chi connectivity index (χ1) is 11.2. The molecular formula is C18H18O5. The van der Waals surface area contributed by atoms with Gasteiger partial charge in [-0.2, -0.15) is 0 Å². The number of hydrogen-bond acceptors (Lipinski definition) is 4. The topological polar surface area (TPSA) is 65.0 Å². The fourth-order valence-corrected chi connectivity index (χ4v) is 2.59. The molecule has 1 N–H and O–H groups in total. The van der Waals surface area contributed by atoms with Gasteiger partial charge in [0.2, 0.25) is 12.5 Å². The lowest BCUT2D eigenvalue weighted by atomic mass is 10.1. The molecule has 1 heterocycles. The van der Waals surface area contributed by atoms with Crippen LogP contribution in [0.1, 0.15) is 24.5 Å². The van der Waals surface area contributed by atoms with Gasteiger partial charge in [0.15, 0.2) is 11.5 Å². The second-order valence-corrected chi connectivity index (χ2v) is 5.32. The minimum absolute atomic E-state index is 0.110. The number of carboxylic acid groups (broad SMARTS) is 1. The normalized spacial score (nSPS) is 12.2. The number of para-hydroxylation sites is 1. The fourth-order valence-electron chi connectivity index (χ4n) is 2.59. The molecule has 0 amide bonds. The predicted molar refractivity (Wildman–Crippen MR) is 84.4 cm³/mol. The maximum absolute atomic E-state index is 11.1. The molecule has 5 heteroatoms. The van der Waals surface area contributed by atoms with Gasteiger partial charge in [0, 0.05) is 5.56 Å². The first-order valence-electron chi connectivity index (χ1n) is 7.58. The van der Waals surface area contributed by atoms with Gasteiger partial charge in [-0.15, -0.1) is 0 Å². The van der Waals surface area contributed by atoms with Crippen molar-refractivity contribution in [3.05, 3.63) is 47.5 Å². The highest BCUT2D eigenvalue weighted by molar-refractivity contribution is 5.73. The number of fused-ring (bicyclic) bond motifs is 1. The van der Waals surface area contributed by atoms with Crippen molar-refractivity contribution in [2.45, 2.75) is 26.2 Å². The van der Waals surface area contributed by atoms with Gasteiger partial charge in [-0.1, -0.05) is 37.6 Å². The molecule has 1 aliphatic heterocycles. The van der Waals surface area contributed by atoms with Gasteiger partial charge in [0.25, 0.3) is 0 Å². The van der Waals surface area contributed by atoms with Crippen LogP contribution in [-0.2, 0) is 17.6 Å².